The van der Waals surface area contributed by atoms with Crippen LogP contribution in [0.3, 0.4) is 0 Å². The fourth-order valence-corrected chi connectivity index (χ4v) is 2.42. The van der Waals surface area contributed by atoms with Crippen LogP contribution in [0.15, 0.2) is 65.6 Å². The van der Waals surface area contributed by atoms with Crippen molar-refractivity contribution >= 4 is 11.6 Å². The maximum absolute atomic E-state index is 13.6. The largest absolute Gasteiger partial charge is 0.317 e. The van der Waals surface area contributed by atoms with Crippen molar-refractivity contribution in [2.24, 2.45) is 0 Å². The lowest BCUT2D eigenvalue weighted by molar-refractivity contribution is 0.102. The fourth-order valence-electron chi connectivity index (χ4n) is 2.42. The highest BCUT2D eigenvalue weighted by atomic mass is 19.1. The van der Waals surface area contributed by atoms with E-state index in [1.807, 2.05) is 0 Å². The Morgan fingerprint density at radius 3 is 2.35 bits per heavy atom. The second-order valence-corrected chi connectivity index (χ2v) is 5.56. The molecule has 0 saturated carbocycles. The van der Waals surface area contributed by atoms with Crippen molar-refractivity contribution < 1.29 is 18.0 Å². The summed E-state index contributed by atoms with van der Waals surface area (Å²) in [6.07, 6.45) is 1.25. The number of benzene rings is 2. The van der Waals surface area contributed by atoms with Crippen molar-refractivity contribution in [2.45, 2.75) is 6.54 Å². The number of para-hydroxylation sites is 1. The van der Waals surface area contributed by atoms with E-state index in [1.54, 1.807) is 6.07 Å². The molecule has 26 heavy (non-hydrogen) atoms. The predicted octanol–water partition coefficient (Wildman–Crippen LogP) is 3.57. The molecule has 0 unspecified atom stereocenters. The predicted molar refractivity (Wildman–Crippen MR) is 90.5 cm³/mol. The van der Waals surface area contributed by atoms with Crippen molar-refractivity contribution in [1.82, 2.24) is 4.57 Å². The molecule has 0 spiro atoms. The number of amides is 1. The van der Waals surface area contributed by atoms with Gasteiger partial charge in [-0.05, 0) is 35.9 Å². The lowest BCUT2D eigenvalue weighted by atomic mass is 10.2. The third-order valence-electron chi connectivity index (χ3n) is 3.69. The number of halogens is 3. The monoisotopic (exact) mass is 358 g/mol. The average Bonchev–Trinajstić information content (AvgIpc) is 2.60. The van der Waals surface area contributed by atoms with E-state index in [1.165, 1.54) is 41.1 Å². The quantitative estimate of drug-likeness (QED) is 0.775. The second kappa shape index (κ2) is 7.26. The minimum atomic E-state index is -0.911. The molecule has 1 N–H and O–H groups in total. The highest BCUT2D eigenvalue weighted by molar-refractivity contribution is 6.04. The van der Waals surface area contributed by atoms with Gasteiger partial charge >= 0.3 is 0 Å². The zero-order valence-corrected chi connectivity index (χ0v) is 13.4. The van der Waals surface area contributed by atoms with Crippen LogP contribution < -0.4 is 10.9 Å². The Kier molecular flexibility index (Phi) is 4.88. The minimum absolute atomic E-state index is 0.0312. The van der Waals surface area contributed by atoms with Crippen LogP contribution in [0.1, 0.15) is 15.9 Å². The highest BCUT2D eigenvalue weighted by Gasteiger charge is 2.14. The van der Waals surface area contributed by atoms with E-state index in [2.05, 4.69) is 5.32 Å². The molecule has 1 aromatic heterocycles. The lowest BCUT2D eigenvalue weighted by Gasteiger charge is -2.10. The van der Waals surface area contributed by atoms with Crippen molar-refractivity contribution in [2.75, 3.05) is 5.32 Å². The maximum Gasteiger partial charge on any atom is 0.257 e. The van der Waals surface area contributed by atoms with Gasteiger partial charge < -0.3 is 9.88 Å². The Bertz CT molecular complexity index is 1010. The summed E-state index contributed by atoms with van der Waals surface area (Å²) in [6.45, 7) is 0.0474. The van der Waals surface area contributed by atoms with Gasteiger partial charge in [-0.3, -0.25) is 9.59 Å². The normalized spacial score (nSPS) is 10.6. The summed E-state index contributed by atoms with van der Waals surface area (Å²) >= 11 is 0. The number of hydrogen-bond donors (Lipinski definition) is 1. The summed E-state index contributed by atoms with van der Waals surface area (Å²) < 4.78 is 41.8. The third kappa shape index (κ3) is 3.83. The molecule has 3 rings (SSSR count). The first kappa shape index (κ1) is 17.5. The molecule has 0 fully saturated rings. The summed E-state index contributed by atoms with van der Waals surface area (Å²) in [7, 11) is 0. The number of carbonyl (C=O) groups is 1. The number of carbonyl (C=O) groups excluding carboxylic acids is 1. The standard InChI is InChI=1S/C19H13F3N2O2/c20-14-4-1-3-12(9-14)10-24-11-13(7-8-17(24)25)19(26)23-18-15(21)5-2-6-16(18)22/h1-9,11H,10H2,(H,23,26). The first-order chi connectivity index (χ1) is 12.4. The van der Waals surface area contributed by atoms with E-state index in [0.29, 0.717) is 5.56 Å². The van der Waals surface area contributed by atoms with E-state index < -0.39 is 34.6 Å². The number of nitrogens with one attached hydrogen (secondary N) is 1. The molecule has 0 radical (unpaired) electrons. The van der Waals surface area contributed by atoms with Crippen LogP contribution in [0.4, 0.5) is 18.9 Å². The van der Waals surface area contributed by atoms with Gasteiger partial charge in [0.1, 0.15) is 23.1 Å². The molecule has 0 saturated heterocycles. The molecule has 0 aliphatic rings. The van der Waals surface area contributed by atoms with Crippen LogP contribution in [-0.4, -0.2) is 10.5 Å². The molecule has 1 amide bonds. The van der Waals surface area contributed by atoms with Gasteiger partial charge in [0, 0.05) is 12.3 Å². The van der Waals surface area contributed by atoms with Crippen molar-refractivity contribution in [1.29, 1.82) is 0 Å². The second-order valence-electron chi connectivity index (χ2n) is 5.56. The average molecular weight is 358 g/mol. The van der Waals surface area contributed by atoms with Gasteiger partial charge in [-0.15, -0.1) is 0 Å². The van der Waals surface area contributed by atoms with E-state index >= 15 is 0 Å². The summed E-state index contributed by atoms with van der Waals surface area (Å²) in [5, 5.41) is 2.15. The molecule has 7 heteroatoms. The van der Waals surface area contributed by atoms with Crippen molar-refractivity contribution in [3.8, 4) is 0 Å². The molecular formula is C19H13F3N2O2. The van der Waals surface area contributed by atoms with Gasteiger partial charge in [-0.25, -0.2) is 13.2 Å². The van der Waals surface area contributed by atoms with Gasteiger partial charge in [-0.1, -0.05) is 18.2 Å². The van der Waals surface area contributed by atoms with Crippen LogP contribution >= 0.6 is 0 Å². The van der Waals surface area contributed by atoms with E-state index in [-0.39, 0.29) is 12.1 Å². The Balaban J connectivity index is 1.87. The van der Waals surface area contributed by atoms with E-state index in [0.717, 1.165) is 18.2 Å². The molecule has 4 nitrogen and oxygen atoms in total. The molecule has 0 bridgehead atoms. The summed E-state index contributed by atoms with van der Waals surface area (Å²) in [6, 6.07) is 11.3. The Morgan fingerprint density at radius 2 is 1.65 bits per heavy atom. The van der Waals surface area contributed by atoms with Crippen LogP contribution in [-0.2, 0) is 6.54 Å². The zero-order chi connectivity index (χ0) is 18.7. The Hall–Kier alpha value is -3.35. The van der Waals surface area contributed by atoms with Crippen molar-refractivity contribution in [3.63, 3.8) is 0 Å². The SMILES string of the molecule is O=C(Nc1c(F)cccc1F)c1ccc(=O)n(Cc2cccc(F)c2)c1. The van der Waals surface area contributed by atoms with Crippen LogP contribution in [0.5, 0.6) is 0 Å². The number of aromatic nitrogens is 1. The molecule has 1 heterocycles. The van der Waals surface area contributed by atoms with Gasteiger partial charge in [0.25, 0.3) is 11.5 Å². The molecule has 132 valence electrons. The highest BCUT2D eigenvalue weighted by Crippen LogP contribution is 2.18. The fraction of sp³-hybridized carbons (Fsp3) is 0.0526. The maximum atomic E-state index is 13.6. The summed E-state index contributed by atoms with van der Waals surface area (Å²) in [5.41, 5.74) is -0.406. The van der Waals surface area contributed by atoms with Crippen LogP contribution in [0, 0.1) is 17.5 Å². The number of hydrogen-bond acceptors (Lipinski definition) is 2. The van der Waals surface area contributed by atoms with Gasteiger partial charge in [0.2, 0.25) is 0 Å². The topological polar surface area (TPSA) is 51.1 Å². The smallest absolute Gasteiger partial charge is 0.257 e. The van der Waals surface area contributed by atoms with E-state index in [9.17, 15) is 22.8 Å². The van der Waals surface area contributed by atoms with Crippen LogP contribution in [0.2, 0.25) is 0 Å². The third-order valence-corrected chi connectivity index (χ3v) is 3.69. The molecular weight excluding hydrogens is 345 g/mol. The number of anilines is 1. The number of pyridine rings is 1. The Labute approximate surface area is 146 Å². The number of rotatable bonds is 4. The summed E-state index contributed by atoms with van der Waals surface area (Å²) in [5.74, 6) is -3.04. The molecule has 2 aromatic carbocycles. The van der Waals surface area contributed by atoms with E-state index in [4.69, 9.17) is 0 Å². The van der Waals surface area contributed by atoms with Crippen LogP contribution in [0.25, 0.3) is 0 Å². The number of nitrogens with zero attached hydrogens (tertiary/aromatic N) is 1. The first-order valence-corrected chi connectivity index (χ1v) is 7.64. The lowest BCUT2D eigenvalue weighted by Crippen LogP contribution is -2.23. The van der Waals surface area contributed by atoms with Gasteiger partial charge in [0.05, 0.1) is 12.1 Å². The zero-order valence-electron chi connectivity index (χ0n) is 13.4. The molecule has 0 atom stereocenters. The van der Waals surface area contributed by atoms with Gasteiger partial charge in [0.15, 0.2) is 0 Å². The first-order valence-electron chi connectivity index (χ1n) is 7.64. The molecule has 3 aromatic rings. The van der Waals surface area contributed by atoms with Gasteiger partial charge in [-0.2, -0.15) is 0 Å². The minimum Gasteiger partial charge on any atom is -0.317 e. The molecule has 0 aliphatic heterocycles. The molecule has 0 aliphatic carbocycles. The summed E-state index contributed by atoms with van der Waals surface area (Å²) in [4.78, 5) is 24.2. The van der Waals surface area contributed by atoms with Crippen molar-refractivity contribution in [3.05, 3.63) is 99.7 Å². The Morgan fingerprint density at radius 1 is 0.962 bits per heavy atom.